The van der Waals surface area contributed by atoms with Gasteiger partial charge in [-0.15, -0.1) is 0 Å². The number of benzene rings is 1. The molecule has 11 heteroatoms. The van der Waals surface area contributed by atoms with E-state index >= 15 is 0 Å². The van der Waals surface area contributed by atoms with Gasteiger partial charge in [-0.3, -0.25) is 4.79 Å². The molecule has 0 bridgehead atoms. The van der Waals surface area contributed by atoms with Crippen LogP contribution in [0.1, 0.15) is 49.3 Å². The summed E-state index contributed by atoms with van der Waals surface area (Å²) in [6, 6.07) is 6.26. The summed E-state index contributed by atoms with van der Waals surface area (Å²) in [5.74, 6) is -0.325. The van der Waals surface area contributed by atoms with Crippen molar-refractivity contribution in [2.75, 3.05) is 11.6 Å². The smallest absolute Gasteiger partial charge is 0.233 e. The van der Waals surface area contributed by atoms with Crippen molar-refractivity contribution in [2.45, 2.75) is 42.9 Å². The molecule has 1 aromatic heterocycles. The molecule has 1 amide bonds. The van der Waals surface area contributed by atoms with E-state index in [0.29, 0.717) is 17.9 Å². The summed E-state index contributed by atoms with van der Waals surface area (Å²) in [7, 11) is -3.48. The summed E-state index contributed by atoms with van der Waals surface area (Å²) in [6.45, 7) is 0. The van der Waals surface area contributed by atoms with Crippen molar-refractivity contribution in [1.29, 1.82) is 5.26 Å². The molecule has 32 heavy (non-hydrogen) atoms. The van der Waals surface area contributed by atoms with E-state index in [-0.39, 0.29) is 33.0 Å². The number of anilines is 1. The molecule has 1 heterocycles. The number of oxime groups is 1. The highest BCUT2D eigenvalue weighted by atomic mass is 35.5. The molecule has 3 rings (SSSR count). The first-order valence-corrected chi connectivity index (χ1v) is 12.2. The average Bonchev–Trinajstić information content (AvgIpc) is 3.26. The number of hydrogen-bond acceptors (Lipinski definition) is 8. The monoisotopic (exact) mass is 475 g/mol. The number of aromatic nitrogens is 2. The van der Waals surface area contributed by atoms with Gasteiger partial charge in [0.05, 0.1) is 28.2 Å². The molecule has 2 aromatic rings. The van der Waals surface area contributed by atoms with E-state index in [1.54, 1.807) is 12.1 Å². The van der Waals surface area contributed by atoms with Gasteiger partial charge in [-0.25, -0.2) is 18.4 Å². The van der Waals surface area contributed by atoms with Crippen LogP contribution in [0.15, 0.2) is 40.6 Å². The Balaban J connectivity index is 1.86. The number of amides is 1. The van der Waals surface area contributed by atoms with Gasteiger partial charge in [0.2, 0.25) is 11.6 Å². The lowest BCUT2D eigenvalue weighted by Crippen LogP contribution is -2.24. The van der Waals surface area contributed by atoms with E-state index in [2.05, 4.69) is 20.4 Å². The Morgan fingerprint density at radius 1 is 1.34 bits per heavy atom. The van der Waals surface area contributed by atoms with Crippen molar-refractivity contribution in [3.05, 3.63) is 46.9 Å². The molecule has 2 N–H and O–H groups in total. The van der Waals surface area contributed by atoms with Crippen LogP contribution in [-0.4, -0.2) is 41.5 Å². The van der Waals surface area contributed by atoms with Crippen LogP contribution in [0.3, 0.4) is 0 Å². The molecule has 0 aliphatic heterocycles. The van der Waals surface area contributed by atoms with E-state index in [9.17, 15) is 13.2 Å². The maximum Gasteiger partial charge on any atom is 0.233 e. The highest BCUT2D eigenvalue weighted by molar-refractivity contribution is 7.90. The number of rotatable bonds is 7. The minimum atomic E-state index is -3.48. The Labute approximate surface area is 191 Å². The van der Waals surface area contributed by atoms with Crippen molar-refractivity contribution in [2.24, 2.45) is 11.1 Å². The summed E-state index contributed by atoms with van der Waals surface area (Å²) in [4.78, 5) is 21.2. The third-order valence-electron chi connectivity index (χ3n) is 5.47. The number of nitrogens with zero attached hydrogens (tertiary/aromatic N) is 4. The van der Waals surface area contributed by atoms with Gasteiger partial charge in [-0.2, -0.15) is 5.26 Å². The SMILES string of the molecule is CS(=O)(=O)c1ccc(C(CC2CCCC2)C(=O)Nc2cnc(/C(C#N)=N/O)cn2)cc1Cl. The van der Waals surface area contributed by atoms with E-state index < -0.39 is 15.8 Å². The number of sulfone groups is 1. The molecule has 9 nitrogen and oxygen atoms in total. The molecule has 1 aromatic carbocycles. The van der Waals surface area contributed by atoms with E-state index in [1.165, 1.54) is 24.5 Å². The third kappa shape index (κ3) is 5.60. The predicted molar refractivity (Wildman–Crippen MR) is 118 cm³/mol. The molecule has 1 aliphatic carbocycles. The number of halogens is 1. The number of carbonyl (C=O) groups excluding carboxylic acids is 1. The van der Waals surface area contributed by atoms with Crippen LogP contribution in [0.2, 0.25) is 5.02 Å². The van der Waals surface area contributed by atoms with Crippen LogP contribution in [0.5, 0.6) is 0 Å². The minimum absolute atomic E-state index is 0.0169. The van der Waals surface area contributed by atoms with Crippen LogP contribution in [0.4, 0.5) is 5.82 Å². The lowest BCUT2D eigenvalue weighted by atomic mass is 9.87. The topological polar surface area (TPSA) is 145 Å². The molecule has 1 unspecified atom stereocenters. The molecule has 0 spiro atoms. The van der Waals surface area contributed by atoms with Crippen molar-refractivity contribution in [1.82, 2.24) is 9.97 Å². The highest BCUT2D eigenvalue weighted by Crippen LogP contribution is 2.36. The van der Waals surface area contributed by atoms with Crippen LogP contribution in [-0.2, 0) is 14.6 Å². The average molecular weight is 476 g/mol. The summed E-state index contributed by atoms with van der Waals surface area (Å²) in [5, 5.41) is 23.3. The summed E-state index contributed by atoms with van der Waals surface area (Å²) < 4.78 is 23.8. The largest absolute Gasteiger partial charge is 0.410 e. The van der Waals surface area contributed by atoms with E-state index in [4.69, 9.17) is 22.1 Å². The zero-order valence-corrected chi connectivity index (χ0v) is 18.9. The molecule has 1 aliphatic rings. The fraction of sp³-hybridized carbons (Fsp3) is 0.381. The van der Waals surface area contributed by atoms with Crippen LogP contribution < -0.4 is 5.32 Å². The third-order valence-corrected chi connectivity index (χ3v) is 7.05. The number of hydrogen-bond donors (Lipinski definition) is 2. The Hall–Kier alpha value is -3.03. The maximum atomic E-state index is 13.2. The Kier molecular flexibility index (Phi) is 7.43. The molecule has 1 fully saturated rings. The zero-order valence-electron chi connectivity index (χ0n) is 17.3. The highest BCUT2D eigenvalue weighted by Gasteiger charge is 2.28. The molecule has 0 saturated heterocycles. The van der Waals surface area contributed by atoms with Crippen molar-refractivity contribution >= 4 is 38.9 Å². The Bertz CT molecular complexity index is 1170. The van der Waals surface area contributed by atoms with E-state index in [0.717, 1.165) is 31.9 Å². The minimum Gasteiger partial charge on any atom is -0.410 e. The summed E-state index contributed by atoms with van der Waals surface area (Å²) in [6.07, 6.45) is 8.47. The van der Waals surface area contributed by atoms with Crippen molar-refractivity contribution < 1.29 is 18.4 Å². The van der Waals surface area contributed by atoms with Crippen LogP contribution in [0, 0.1) is 17.2 Å². The second-order valence-corrected chi connectivity index (χ2v) is 10.1. The van der Waals surface area contributed by atoms with Gasteiger partial charge in [-0.1, -0.05) is 48.5 Å². The molecule has 0 radical (unpaired) electrons. The van der Waals surface area contributed by atoms with Gasteiger partial charge in [-0.05, 0) is 30.0 Å². The first-order chi connectivity index (χ1) is 15.2. The van der Waals surface area contributed by atoms with Crippen LogP contribution in [0.25, 0.3) is 0 Å². The van der Waals surface area contributed by atoms with Gasteiger partial charge < -0.3 is 10.5 Å². The second kappa shape index (κ2) is 10.1. The van der Waals surface area contributed by atoms with Gasteiger partial charge in [0.1, 0.15) is 11.8 Å². The molecule has 1 saturated carbocycles. The Morgan fingerprint density at radius 2 is 2.06 bits per heavy atom. The van der Waals surface area contributed by atoms with E-state index in [1.807, 2.05) is 0 Å². The van der Waals surface area contributed by atoms with Gasteiger partial charge in [0, 0.05) is 6.26 Å². The van der Waals surface area contributed by atoms with Crippen LogP contribution >= 0.6 is 11.6 Å². The standard InChI is InChI=1S/C21H22ClN5O4S/c1-32(30,31)19-7-6-14(9-16(19)22)15(8-13-4-2-3-5-13)21(28)26-20-12-24-18(11-25-20)17(10-23)27-29/h6-7,9,11-13,15,29H,2-5,8H2,1H3,(H,25,26,28)/b27-17+. The predicted octanol–water partition coefficient (Wildman–Crippen LogP) is 3.54. The lowest BCUT2D eigenvalue weighted by molar-refractivity contribution is -0.118. The Morgan fingerprint density at radius 3 is 2.59 bits per heavy atom. The lowest BCUT2D eigenvalue weighted by Gasteiger charge is -2.21. The van der Waals surface area contributed by atoms with Gasteiger partial charge >= 0.3 is 0 Å². The van der Waals surface area contributed by atoms with Crippen molar-refractivity contribution in [3.8, 4) is 6.07 Å². The maximum absolute atomic E-state index is 13.2. The summed E-state index contributed by atoms with van der Waals surface area (Å²) in [5.41, 5.74) is 0.393. The number of nitrogens with one attached hydrogen (secondary N) is 1. The fourth-order valence-electron chi connectivity index (χ4n) is 3.87. The molecular weight excluding hydrogens is 454 g/mol. The number of nitriles is 1. The molecule has 1 atom stereocenters. The quantitative estimate of drug-likeness (QED) is 0.353. The van der Waals surface area contributed by atoms with Gasteiger partial charge in [0.25, 0.3) is 0 Å². The van der Waals surface area contributed by atoms with Gasteiger partial charge in [0.15, 0.2) is 15.7 Å². The molecular formula is C21H22ClN5O4S. The normalized spacial score (nSPS) is 15.8. The second-order valence-electron chi connectivity index (χ2n) is 7.74. The van der Waals surface area contributed by atoms with Crippen molar-refractivity contribution in [3.63, 3.8) is 0 Å². The first-order valence-electron chi connectivity index (χ1n) is 9.98. The number of carbonyl (C=O) groups is 1. The first kappa shape index (κ1) is 23.6. The molecule has 168 valence electrons. The summed E-state index contributed by atoms with van der Waals surface area (Å²) >= 11 is 6.22. The zero-order chi connectivity index (χ0) is 23.3. The fourth-order valence-corrected chi connectivity index (χ4v) is 5.21.